The molecule has 1 heterocycles. The SMILES string of the molecule is CC(C)=CCC1=C(C)C2(CC1)OCCO2. The molecule has 1 fully saturated rings. The van der Waals surface area contributed by atoms with Crippen molar-refractivity contribution < 1.29 is 9.47 Å². The average Bonchev–Trinajstić information content (AvgIpc) is 2.76. The summed E-state index contributed by atoms with van der Waals surface area (Å²) < 4.78 is 11.5. The van der Waals surface area contributed by atoms with E-state index in [1.165, 1.54) is 16.7 Å². The summed E-state index contributed by atoms with van der Waals surface area (Å²) in [6.07, 6.45) is 5.47. The summed E-state index contributed by atoms with van der Waals surface area (Å²) in [5, 5.41) is 0. The van der Waals surface area contributed by atoms with Gasteiger partial charge in [0.05, 0.1) is 13.2 Å². The number of ether oxygens (including phenoxy) is 2. The van der Waals surface area contributed by atoms with Crippen LogP contribution in [0.3, 0.4) is 0 Å². The molecule has 15 heavy (non-hydrogen) atoms. The van der Waals surface area contributed by atoms with Crippen LogP contribution in [-0.2, 0) is 9.47 Å². The lowest BCUT2D eigenvalue weighted by molar-refractivity contribution is -0.123. The van der Waals surface area contributed by atoms with Gasteiger partial charge in [0.1, 0.15) is 0 Å². The minimum absolute atomic E-state index is 0.342. The van der Waals surface area contributed by atoms with Crippen LogP contribution in [0, 0.1) is 0 Å². The number of allylic oxidation sites excluding steroid dienone is 3. The molecule has 0 saturated carbocycles. The van der Waals surface area contributed by atoms with Gasteiger partial charge in [-0.05, 0) is 39.2 Å². The zero-order valence-corrected chi connectivity index (χ0v) is 9.93. The summed E-state index contributed by atoms with van der Waals surface area (Å²) >= 11 is 0. The zero-order valence-electron chi connectivity index (χ0n) is 9.93. The number of rotatable bonds is 2. The summed E-state index contributed by atoms with van der Waals surface area (Å²) in [6, 6.07) is 0. The molecule has 2 nitrogen and oxygen atoms in total. The fourth-order valence-electron chi connectivity index (χ4n) is 2.36. The Morgan fingerprint density at radius 2 is 2.00 bits per heavy atom. The van der Waals surface area contributed by atoms with E-state index < -0.39 is 0 Å². The van der Waals surface area contributed by atoms with Crippen molar-refractivity contribution in [2.75, 3.05) is 13.2 Å². The molecule has 0 radical (unpaired) electrons. The molecular weight excluding hydrogens is 188 g/mol. The maximum Gasteiger partial charge on any atom is 0.191 e. The lowest BCUT2D eigenvalue weighted by Crippen LogP contribution is -2.28. The van der Waals surface area contributed by atoms with Gasteiger partial charge in [-0.15, -0.1) is 0 Å². The van der Waals surface area contributed by atoms with Crippen molar-refractivity contribution in [1.29, 1.82) is 0 Å². The molecule has 0 aromatic rings. The van der Waals surface area contributed by atoms with E-state index in [2.05, 4.69) is 26.8 Å². The molecule has 1 aliphatic heterocycles. The van der Waals surface area contributed by atoms with E-state index in [0.29, 0.717) is 0 Å². The second kappa shape index (κ2) is 4.11. The van der Waals surface area contributed by atoms with Crippen LogP contribution < -0.4 is 0 Å². The lowest BCUT2D eigenvalue weighted by Gasteiger charge is -2.23. The molecule has 0 bridgehead atoms. The molecule has 2 heteroatoms. The molecule has 0 atom stereocenters. The fraction of sp³-hybridized carbons (Fsp3) is 0.692. The standard InChI is InChI=1S/C13H20O2/c1-10(2)4-5-12-6-7-13(11(12)3)14-8-9-15-13/h4H,5-9H2,1-3H3. The first-order valence-electron chi connectivity index (χ1n) is 5.74. The van der Waals surface area contributed by atoms with Gasteiger partial charge in [-0.25, -0.2) is 0 Å². The molecule has 0 unspecified atom stereocenters. The topological polar surface area (TPSA) is 18.5 Å². The minimum Gasteiger partial charge on any atom is -0.344 e. The zero-order chi connectivity index (χ0) is 10.9. The van der Waals surface area contributed by atoms with Crippen LogP contribution in [0.5, 0.6) is 0 Å². The third-order valence-corrected chi connectivity index (χ3v) is 3.37. The highest BCUT2D eigenvalue weighted by Gasteiger charge is 2.43. The Hall–Kier alpha value is -0.600. The molecule has 1 spiro atoms. The molecule has 1 saturated heterocycles. The predicted octanol–water partition coefficient (Wildman–Crippen LogP) is 3.20. The Kier molecular flexibility index (Phi) is 2.98. The molecular formula is C13H20O2. The Balaban J connectivity index is 2.12. The number of hydrogen-bond donors (Lipinski definition) is 0. The van der Waals surface area contributed by atoms with Crippen molar-refractivity contribution in [3.8, 4) is 0 Å². The van der Waals surface area contributed by atoms with E-state index in [4.69, 9.17) is 9.47 Å². The van der Waals surface area contributed by atoms with Crippen LogP contribution in [0.1, 0.15) is 40.0 Å². The van der Waals surface area contributed by atoms with Gasteiger partial charge < -0.3 is 9.47 Å². The van der Waals surface area contributed by atoms with E-state index in [1.54, 1.807) is 0 Å². The van der Waals surface area contributed by atoms with Crippen molar-refractivity contribution in [2.45, 2.75) is 45.8 Å². The molecule has 2 rings (SSSR count). The molecule has 0 amide bonds. The minimum atomic E-state index is -0.342. The third-order valence-electron chi connectivity index (χ3n) is 3.37. The first kappa shape index (κ1) is 10.9. The van der Waals surface area contributed by atoms with E-state index >= 15 is 0 Å². The van der Waals surface area contributed by atoms with Gasteiger partial charge in [-0.1, -0.05) is 17.2 Å². The molecule has 2 aliphatic rings. The fourth-order valence-corrected chi connectivity index (χ4v) is 2.36. The van der Waals surface area contributed by atoms with Crippen LogP contribution in [0.4, 0.5) is 0 Å². The van der Waals surface area contributed by atoms with Crippen molar-refractivity contribution >= 4 is 0 Å². The van der Waals surface area contributed by atoms with E-state index in [1.807, 2.05) is 0 Å². The van der Waals surface area contributed by atoms with E-state index in [0.717, 1.165) is 32.5 Å². The molecule has 0 aromatic carbocycles. The third kappa shape index (κ3) is 2.01. The van der Waals surface area contributed by atoms with Gasteiger partial charge in [-0.3, -0.25) is 0 Å². The second-order valence-corrected chi connectivity index (χ2v) is 4.66. The Bertz CT molecular complexity index is 302. The van der Waals surface area contributed by atoms with Gasteiger partial charge in [0.15, 0.2) is 5.79 Å². The Morgan fingerprint density at radius 3 is 2.60 bits per heavy atom. The smallest absolute Gasteiger partial charge is 0.191 e. The summed E-state index contributed by atoms with van der Waals surface area (Å²) in [7, 11) is 0. The quantitative estimate of drug-likeness (QED) is 0.649. The van der Waals surface area contributed by atoms with Gasteiger partial charge in [0.25, 0.3) is 0 Å². The first-order valence-corrected chi connectivity index (χ1v) is 5.74. The number of hydrogen-bond acceptors (Lipinski definition) is 2. The molecule has 1 aliphatic carbocycles. The van der Waals surface area contributed by atoms with Crippen molar-refractivity contribution in [2.24, 2.45) is 0 Å². The first-order chi connectivity index (χ1) is 7.14. The van der Waals surface area contributed by atoms with E-state index in [9.17, 15) is 0 Å². The van der Waals surface area contributed by atoms with Crippen molar-refractivity contribution in [1.82, 2.24) is 0 Å². The van der Waals surface area contributed by atoms with E-state index in [-0.39, 0.29) is 5.79 Å². The molecule has 0 N–H and O–H groups in total. The van der Waals surface area contributed by atoms with Gasteiger partial charge in [0, 0.05) is 6.42 Å². The summed E-state index contributed by atoms with van der Waals surface area (Å²) in [4.78, 5) is 0. The monoisotopic (exact) mass is 208 g/mol. The normalized spacial score (nSPS) is 23.9. The summed E-state index contributed by atoms with van der Waals surface area (Å²) in [6.45, 7) is 7.93. The maximum atomic E-state index is 5.75. The van der Waals surface area contributed by atoms with Crippen molar-refractivity contribution in [3.63, 3.8) is 0 Å². The maximum absolute atomic E-state index is 5.75. The van der Waals surface area contributed by atoms with Crippen LogP contribution in [-0.4, -0.2) is 19.0 Å². The highest BCUT2D eigenvalue weighted by atomic mass is 16.7. The lowest BCUT2D eigenvalue weighted by atomic mass is 10.1. The van der Waals surface area contributed by atoms with Crippen LogP contribution in [0.25, 0.3) is 0 Å². The Labute approximate surface area is 92.0 Å². The average molecular weight is 208 g/mol. The molecule has 84 valence electrons. The highest BCUT2D eigenvalue weighted by molar-refractivity contribution is 5.29. The van der Waals surface area contributed by atoms with Crippen LogP contribution in [0.2, 0.25) is 0 Å². The van der Waals surface area contributed by atoms with Gasteiger partial charge in [0.2, 0.25) is 0 Å². The Morgan fingerprint density at radius 1 is 1.33 bits per heavy atom. The van der Waals surface area contributed by atoms with Crippen LogP contribution >= 0.6 is 0 Å². The summed E-state index contributed by atoms with van der Waals surface area (Å²) in [5.74, 6) is -0.342. The summed E-state index contributed by atoms with van der Waals surface area (Å²) in [5.41, 5.74) is 4.19. The van der Waals surface area contributed by atoms with Gasteiger partial charge >= 0.3 is 0 Å². The van der Waals surface area contributed by atoms with Crippen molar-refractivity contribution in [3.05, 3.63) is 22.8 Å². The molecule has 0 aromatic heterocycles. The van der Waals surface area contributed by atoms with Gasteiger partial charge in [-0.2, -0.15) is 0 Å². The highest BCUT2D eigenvalue weighted by Crippen LogP contribution is 2.42. The predicted molar refractivity (Wildman–Crippen MR) is 60.6 cm³/mol. The largest absolute Gasteiger partial charge is 0.344 e. The second-order valence-electron chi connectivity index (χ2n) is 4.66. The van der Waals surface area contributed by atoms with Crippen LogP contribution in [0.15, 0.2) is 22.8 Å².